The van der Waals surface area contributed by atoms with Gasteiger partial charge in [-0.3, -0.25) is 4.79 Å². The zero-order valence-electron chi connectivity index (χ0n) is 13.5. The Bertz CT molecular complexity index is 892. The summed E-state index contributed by atoms with van der Waals surface area (Å²) in [5.41, 5.74) is 2.34. The van der Waals surface area contributed by atoms with E-state index in [4.69, 9.17) is 4.74 Å². The monoisotopic (exact) mass is 324 g/mol. The van der Waals surface area contributed by atoms with Crippen LogP contribution in [0, 0.1) is 5.82 Å². The van der Waals surface area contributed by atoms with E-state index in [1.54, 1.807) is 19.2 Å². The summed E-state index contributed by atoms with van der Waals surface area (Å²) >= 11 is 0. The minimum atomic E-state index is -0.387. The number of hydrogen-bond acceptors (Lipinski definition) is 3. The lowest BCUT2D eigenvalue weighted by Gasteiger charge is -2.10. The number of aromatic nitrogens is 1. The Balaban J connectivity index is 2.15. The van der Waals surface area contributed by atoms with E-state index in [0.29, 0.717) is 28.8 Å². The van der Waals surface area contributed by atoms with Gasteiger partial charge in [0.25, 0.3) is 5.91 Å². The van der Waals surface area contributed by atoms with Crippen LogP contribution in [0.3, 0.4) is 0 Å². The average Bonchev–Trinajstić information content (AvgIpc) is 2.60. The topological polar surface area (TPSA) is 51.2 Å². The van der Waals surface area contributed by atoms with Gasteiger partial charge in [0.15, 0.2) is 0 Å². The second-order valence-electron chi connectivity index (χ2n) is 5.25. The molecule has 0 aliphatic heterocycles. The number of carbonyl (C=O) groups excluding carboxylic acids is 1. The lowest BCUT2D eigenvalue weighted by Crippen LogP contribution is -2.18. The van der Waals surface area contributed by atoms with Crippen molar-refractivity contribution in [3.8, 4) is 17.0 Å². The first kappa shape index (κ1) is 15.9. The molecular weight excluding hydrogens is 307 g/mol. The van der Waals surface area contributed by atoms with Crippen molar-refractivity contribution in [2.75, 3.05) is 13.7 Å². The Kier molecular flexibility index (Phi) is 4.42. The third-order valence-corrected chi connectivity index (χ3v) is 3.70. The molecule has 0 bridgehead atoms. The molecular formula is C19H17FN2O2. The zero-order chi connectivity index (χ0) is 17.1. The van der Waals surface area contributed by atoms with Gasteiger partial charge >= 0.3 is 0 Å². The highest BCUT2D eigenvalue weighted by molar-refractivity contribution is 6.07. The maximum Gasteiger partial charge on any atom is 0.251 e. The second kappa shape index (κ2) is 6.66. The normalized spacial score (nSPS) is 10.6. The molecule has 5 heteroatoms. The molecule has 0 spiro atoms. The summed E-state index contributed by atoms with van der Waals surface area (Å²) < 4.78 is 19.0. The lowest BCUT2D eigenvalue weighted by molar-refractivity contribution is 0.0964. The van der Waals surface area contributed by atoms with E-state index in [-0.39, 0.29) is 11.7 Å². The second-order valence-corrected chi connectivity index (χ2v) is 5.25. The van der Waals surface area contributed by atoms with Gasteiger partial charge in [-0.1, -0.05) is 0 Å². The van der Waals surface area contributed by atoms with Crippen molar-refractivity contribution >= 4 is 16.8 Å². The van der Waals surface area contributed by atoms with E-state index >= 15 is 0 Å². The van der Waals surface area contributed by atoms with Crippen LogP contribution in [0.4, 0.5) is 4.39 Å². The minimum Gasteiger partial charge on any atom is -0.494 e. The number of carbonyl (C=O) groups is 1. The highest BCUT2D eigenvalue weighted by Crippen LogP contribution is 2.27. The molecule has 1 heterocycles. The molecule has 1 aromatic heterocycles. The van der Waals surface area contributed by atoms with Crippen LogP contribution in [0.5, 0.6) is 5.75 Å². The van der Waals surface area contributed by atoms with Crippen LogP contribution in [0.2, 0.25) is 0 Å². The van der Waals surface area contributed by atoms with E-state index < -0.39 is 0 Å². The van der Waals surface area contributed by atoms with Crippen LogP contribution >= 0.6 is 0 Å². The van der Waals surface area contributed by atoms with Crippen molar-refractivity contribution in [2.24, 2.45) is 0 Å². The van der Waals surface area contributed by atoms with Crippen molar-refractivity contribution in [2.45, 2.75) is 6.92 Å². The summed E-state index contributed by atoms with van der Waals surface area (Å²) in [5.74, 6) is 0.141. The summed E-state index contributed by atoms with van der Waals surface area (Å²) in [6.07, 6.45) is 0. The standard InChI is InChI=1S/C19H17FN2O2/c1-3-24-14-7-4-12(5-8-14)17-11-16(19(23)21-2)15-9-6-13(20)10-18(15)22-17/h4-11H,3H2,1-2H3,(H,21,23). The molecule has 0 saturated heterocycles. The summed E-state index contributed by atoms with van der Waals surface area (Å²) in [4.78, 5) is 16.7. The first-order valence-corrected chi connectivity index (χ1v) is 7.68. The molecule has 0 fully saturated rings. The lowest BCUT2D eigenvalue weighted by atomic mass is 10.0. The molecule has 1 amide bonds. The minimum absolute atomic E-state index is 0.235. The number of nitrogens with zero attached hydrogens (tertiary/aromatic N) is 1. The fourth-order valence-corrected chi connectivity index (χ4v) is 2.56. The predicted octanol–water partition coefficient (Wildman–Crippen LogP) is 3.80. The molecule has 0 aliphatic rings. The quantitative estimate of drug-likeness (QED) is 0.794. The van der Waals surface area contributed by atoms with Crippen molar-refractivity contribution in [1.82, 2.24) is 10.3 Å². The Morgan fingerprint density at radius 1 is 1.17 bits per heavy atom. The fourth-order valence-electron chi connectivity index (χ4n) is 2.56. The van der Waals surface area contributed by atoms with Crippen LogP contribution in [0.1, 0.15) is 17.3 Å². The Hall–Kier alpha value is -2.95. The van der Waals surface area contributed by atoms with Crippen LogP contribution in [-0.4, -0.2) is 24.5 Å². The predicted molar refractivity (Wildman–Crippen MR) is 91.7 cm³/mol. The van der Waals surface area contributed by atoms with Crippen LogP contribution in [0.25, 0.3) is 22.2 Å². The summed E-state index contributed by atoms with van der Waals surface area (Å²) in [5, 5.41) is 3.23. The molecule has 0 unspecified atom stereocenters. The molecule has 3 aromatic rings. The molecule has 24 heavy (non-hydrogen) atoms. The number of hydrogen-bond donors (Lipinski definition) is 1. The van der Waals surface area contributed by atoms with Gasteiger partial charge in [0.1, 0.15) is 11.6 Å². The van der Waals surface area contributed by atoms with E-state index in [0.717, 1.165) is 11.3 Å². The Labute approximate surface area is 139 Å². The molecule has 0 atom stereocenters. The maximum atomic E-state index is 13.6. The highest BCUT2D eigenvalue weighted by atomic mass is 19.1. The summed E-state index contributed by atoms with van der Waals surface area (Å²) in [6, 6.07) is 13.4. The van der Waals surface area contributed by atoms with Crippen LogP contribution in [0.15, 0.2) is 48.5 Å². The fraction of sp³-hybridized carbons (Fsp3) is 0.158. The molecule has 2 aromatic carbocycles. The third-order valence-electron chi connectivity index (χ3n) is 3.70. The molecule has 4 nitrogen and oxygen atoms in total. The number of rotatable bonds is 4. The van der Waals surface area contributed by atoms with Gasteiger partial charge in [-0.05, 0) is 49.4 Å². The molecule has 0 saturated carbocycles. The van der Waals surface area contributed by atoms with Gasteiger partial charge in [0, 0.05) is 24.1 Å². The summed E-state index contributed by atoms with van der Waals surface area (Å²) in [6.45, 7) is 2.51. The number of benzene rings is 2. The van der Waals surface area contributed by atoms with Gasteiger partial charge in [0.2, 0.25) is 0 Å². The maximum absolute atomic E-state index is 13.6. The van der Waals surface area contributed by atoms with E-state index in [1.807, 2.05) is 31.2 Å². The number of fused-ring (bicyclic) bond motifs is 1. The van der Waals surface area contributed by atoms with Crippen LogP contribution in [-0.2, 0) is 0 Å². The number of amides is 1. The smallest absolute Gasteiger partial charge is 0.251 e. The van der Waals surface area contributed by atoms with E-state index in [9.17, 15) is 9.18 Å². The number of halogens is 1. The molecule has 0 radical (unpaired) electrons. The highest BCUT2D eigenvalue weighted by Gasteiger charge is 2.13. The molecule has 3 rings (SSSR count). The number of nitrogens with one attached hydrogen (secondary N) is 1. The van der Waals surface area contributed by atoms with Crippen molar-refractivity contribution in [3.63, 3.8) is 0 Å². The summed E-state index contributed by atoms with van der Waals surface area (Å²) in [7, 11) is 1.56. The zero-order valence-corrected chi connectivity index (χ0v) is 13.5. The van der Waals surface area contributed by atoms with Gasteiger partial charge < -0.3 is 10.1 Å². The van der Waals surface area contributed by atoms with Gasteiger partial charge in [-0.2, -0.15) is 0 Å². The molecule has 0 aliphatic carbocycles. The van der Waals surface area contributed by atoms with Crippen LogP contribution < -0.4 is 10.1 Å². The van der Waals surface area contributed by atoms with Gasteiger partial charge in [-0.15, -0.1) is 0 Å². The number of pyridine rings is 1. The Morgan fingerprint density at radius 3 is 2.58 bits per heavy atom. The van der Waals surface area contributed by atoms with Gasteiger partial charge in [0.05, 0.1) is 23.4 Å². The van der Waals surface area contributed by atoms with Gasteiger partial charge in [-0.25, -0.2) is 9.37 Å². The van der Waals surface area contributed by atoms with E-state index in [2.05, 4.69) is 10.3 Å². The Morgan fingerprint density at radius 2 is 1.92 bits per heavy atom. The van der Waals surface area contributed by atoms with Crippen molar-refractivity contribution in [3.05, 3.63) is 59.9 Å². The molecule has 122 valence electrons. The molecule has 1 N–H and O–H groups in total. The average molecular weight is 324 g/mol. The van der Waals surface area contributed by atoms with Crippen molar-refractivity contribution in [1.29, 1.82) is 0 Å². The first-order chi connectivity index (χ1) is 11.6. The number of ether oxygens (including phenoxy) is 1. The van der Waals surface area contributed by atoms with E-state index in [1.165, 1.54) is 12.1 Å². The van der Waals surface area contributed by atoms with Crippen molar-refractivity contribution < 1.29 is 13.9 Å². The first-order valence-electron chi connectivity index (χ1n) is 7.68. The SMILES string of the molecule is CCOc1ccc(-c2cc(C(=O)NC)c3ccc(F)cc3n2)cc1. The third kappa shape index (κ3) is 3.06. The largest absolute Gasteiger partial charge is 0.494 e.